The average molecular weight is 387 g/mol. The lowest BCUT2D eigenvalue weighted by Crippen LogP contribution is -2.30. The van der Waals surface area contributed by atoms with Crippen molar-refractivity contribution in [3.8, 4) is 0 Å². The molecule has 142 valence electrons. The van der Waals surface area contributed by atoms with Gasteiger partial charge in [0.1, 0.15) is 15.4 Å². The van der Waals surface area contributed by atoms with Crippen molar-refractivity contribution >= 4 is 26.8 Å². The number of hydrogen-bond acceptors (Lipinski definition) is 4. The minimum Gasteiger partial charge on any atom is -0.744 e. The first-order chi connectivity index (χ1) is 11.6. The predicted octanol–water partition coefficient (Wildman–Crippen LogP) is 3.69. The standard InChI is InChI=1S/C12H23OS.C7H8O3S/c1-10(2)12(13)9-14(3)11-7-5-4-6-8-11;1-6-2-4-7(5-3-6)11(8,9)10/h10-11H,4-9H2,1-3H3;2-5H,1H3,(H,8,9,10)/q+1;/p-1. The molecule has 1 atom stereocenters. The van der Waals surface area contributed by atoms with Gasteiger partial charge in [0.05, 0.1) is 11.2 Å². The highest BCUT2D eigenvalue weighted by molar-refractivity contribution is 7.97. The molecule has 0 heterocycles. The van der Waals surface area contributed by atoms with Crippen molar-refractivity contribution in [2.24, 2.45) is 5.92 Å². The van der Waals surface area contributed by atoms with Gasteiger partial charge in [0.25, 0.3) is 0 Å². The van der Waals surface area contributed by atoms with Crippen molar-refractivity contribution in [1.82, 2.24) is 0 Å². The van der Waals surface area contributed by atoms with Crippen LogP contribution in [0.1, 0.15) is 51.5 Å². The van der Waals surface area contributed by atoms with Gasteiger partial charge in [0.15, 0.2) is 11.5 Å². The fourth-order valence-electron chi connectivity index (χ4n) is 2.68. The molecule has 0 aromatic heterocycles. The van der Waals surface area contributed by atoms with Crippen LogP contribution in [-0.4, -0.2) is 36.0 Å². The Kier molecular flexibility index (Phi) is 9.17. The van der Waals surface area contributed by atoms with E-state index in [9.17, 15) is 17.8 Å². The summed E-state index contributed by atoms with van der Waals surface area (Å²) in [6.07, 6.45) is 9.20. The zero-order chi connectivity index (χ0) is 19.0. The van der Waals surface area contributed by atoms with Gasteiger partial charge in [0.2, 0.25) is 0 Å². The van der Waals surface area contributed by atoms with E-state index in [2.05, 4.69) is 6.26 Å². The van der Waals surface area contributed by atoms with Crippen LogP contribution in [0, 0.1) is 12.8 Å². The van der Waals surface area contributed by atoms with Crippen molar-refractivity contribution in [2.45, 2.75) is 63.0 Å². The molecule has 1 aromatic rings. The summed E-state index contributed by atoms with van der Waals surface area (Å²) >= 11 is 0. The van der Waals surface area contributed by atoms with Crippen molar-refractivity contribution in [3.63, 3.8) is 0 Å². The van der Waals surface area contributed by atoms with Crippen LogP contribution >= 0.6 is 0 Å². The number of carbonyl (C=O) groups is 1. The lowest BCUT2D eigenvalue weighted by molar-refractivity contribution is -0.119. The summed E-state index contributed by atoms with van der Waals surface area (Å²) in [5.41, 5.74) is 0.928. The van der Waals surface area contributed by atoms with E-state index in [0.29, 0.717) is 16.7 Å². The third kappa shape index (κ3) is 8.38. The van der Waals surface area contributed by atoms with Gasteiger partial charge < -0.3 is 4.55 Å². The molecule has 1 aliphatic rings. The van der Waals surface area contributed by atoms with E-state index in [1.54, 1.807) is 12.1 Å². The van der Waals surface area contributed by atoms with Gasteiger partial charge in [-0.3, -0.25) is 4.79 Å². The molecule has 1 unspecified atom stereocenters. The monoisotopic (exact) mass is 386 g/mol. The molecule has 0 radical (unpaired) electrons. The summed E-state index contributed by atoms with van der Waals surface area (Å²) in [5.74, 6) is 1.53. The lowest BCUT2D eigenvalue weighted by Gasteiger charge is -2.20. The first-order valence-corrected chi connectivity index (χ1v) is 12.0. The Morgan fingerprint density at radius 2 is 1.68 bits per heavy atom. The molecule has 1 aromatic carbocycles. The Labute approximate surface area is 155 Å². The molecular weight excluding hydrogens is 356 g/mol. The number of rotatable bonds is 5. The minimum atomic E-state index is -4.27. The predicted molar refractivity (Wildman–Crippen MR) is 104 cm³/mol. The van der Waals surface area contributed by atoms with Crippen molar-refractivity contribution in [1.29, 1.82) is 0 Å². The van der Waals surface area contributed by atoms with E-state index in [0.717, 1.165) is 16.6 Å². The highest BCUT2D eigenvalue weighted by Gasteiger charge is 2.30. The van der Waals surface area contributed by atoms with E-state index < -0.39 is 10.1 Å². The summed E-state index contributed by atoms with van der Waals surface area (Å²) in [6, 6.07) is 5.78. The second-order valence-corrected chi connectivity index (χ2v) is 10.7. The molecule has 25 heavy (non-hydrogen) atoms. The van der Waals surface area contributed by atoms with Crippen LogP contribution < -0.4 is 0 Å². The molecule has 6 heteroatoms. The zero-order valence-corrected chi connectivity index (χ0v) is 17.3. The fraction of sp³-hybridized carbons (Fsp3) is 0.632. The van der Waals surface area contributed by atoms with Gasteiger partial charge in [-0.15, -0.1) is 0 Å². The molecule has 0 spiro atoms. The van der Waals surface area contributed by atoms with Crippen LogP contribution in [0.3, 0.4) is 0 Å². The molecular formula is C19H30O4S2. The number of ketones is 1. The second kappa shape index (κ2) is 10.3. The number of carbonyl (C=O) groups excluding carboxylic acids is 1. The summed E-state index contributed by atoms with van der Waals surface area (Å²) in [5, 5.41) is 0.853. The molecule has 4 nitrogen and oxygen atoms in total. The lowest BCUT2D eigenvalue weighted by atomic mass is 10.0. The quantitative estimate of drug-likeness (QED) is 0.571. The third-order valence-electron chi connectivity index (χ3n) is 4.44. The molecule has 0 saturated heterocycles. The highest BCUT2D eigenvalue weighted by atomic mass is 32.2. The molecule has 0 bridgehead atoms. The van der Waals surface area contributed by atoms with Crippen LogP contribution in [-0.2, 0) is 25.8 Å². The molecule has 1 aliphatic carbocycles. The minimum absolute atomic E-state index is 0.178. The Morgan fingerprint density at radius 1 is 1.16 bits per heavy atom. The fourth-order valence-corrected chi connectivity index (χ4v) is 5.31. The highest BCUT2D eigenvalue weighted by Crippen LogP contribution is 2.24. The van der Waals surface area contributed by atoms with Crippen molar-refractivity contribution < 1.29 is 17.8 Å². The average Bonchev–Trinajstić information content (AvgIpc) is 2.55. The van der Waals surface area contributed by atoms with Gasteiger partial charge in [-0.2, -0.15) is 0 Å². The largest absolute Gasteiger partial charge is 0.744 e. The van der Waals surface area contributed by atoms with E-state index in [4.69, 9.17) is 0 Å². The second-order valence-electron chi connectivity index (χ2n) is 6.98. The summed E-state index contributed by atoms with van der Waals surface area (Å²) in [4.78, 5) is 11.4. The Bertz CT molecular complexity index is 630. The van der Waals surface area contributed by atoms with Gasteiger partial charge in [0, 0.05) is 5.92 Å². The van der Waals surface area contributed by atoms with Crippen molar-refractivity contribution in [2.75, 3.05) is 12.0 Å². The van der Waals surface area contributed by atoms with Crippen LogP contribution in [0.15, 0.2) is 29.2 Å². The van der Waals surface area contributed by atoms with E-state index in [1.165, 1.54) is 44.2 Å². The van der Waals surface area contributed by atoms with Gasteiger partial charge in [-0.25, -0.2) is 8.42 Å². The Morgan fingerprint density at radius 3 is 2.12 bits per heavy atom. The third-order valence-corrected chi connectivity index (χ3v) is 7.64. The maximum absolute atomic E-state index is 11.6. The smallest absolute Gasteiger partial charge is 0.184 e. The van der Waals surface area contributed by atoms with Crippen LogP contribution in [0.5, 0.6) is 0 Å². The van der Waals surface area contributed by atoms with E-state index in [1.807, 2.05) is 20.8 Å². The molecule has 0 aliphatic heterocycles. The first kappa shape index (κ1) is 22.2. The Balaban J connectivity index is 0.000000257. The summed E-state index contributed by atoms with van der Waals surface area (Å²) < 4.78 is 31.2. The first-order valence-electron chi connectivity index (χ1n) is 8.78. The summed E-state index contributed by atoms with van der Waals surface area (Å²) in [6.45, 7) is 5.85. The maximum atomic E-state index is 11.6. The topological polar surface area (TPSA) is 74.3 Å². The zero-order valence-electron chi connectivity index (χ0n) is 15.7. The number of benzene rings is 1. The maximum Gasteiger partial charge on any atom is 0.184 e. The number of hydrogen-bond donors (Lipinski definition) is 0. The van der Waals surface area contributed by atoms with Gasteiger partial charge >= 0.3 is 0 Å². The molecule has 0 N–H and O–H groups in total. The summed E-state index contributed by atoms with van der Waals surface area (Å²) in [7, 11) is -3.93. The van der Waals surface area contributed by atoms with Crippen LogP contribution in [0.4, 0.5) is 0 Å². The Hall–Kier alpha value is -0.850. The van der Waals surface area contributed by atoms with Crippen molar-refractivity contribution in [3.05, 3.63) is 29.8 Å². The molecule has 1 saturated carbocycles. The number of Topliss-reactive ketones (excluding diaryl/α,β-unsaturated/α-hetero) is 1. The molecule has 0 amide bonds. The normalized spacial score (nSPS) is 16.9. The molecule has 1 fully saturated rings. The van der Waals surface area contributed by atoms with Gasteiger partial charge in [-0.05, 0) is 55.6 Å². The van der Waals surface area contributed by atoms with E-state index >= 15 is 0 Å². The van der Waals surface area contributed by atoms with Crippen LogP contribution in [0.2, 0.25) is 0 Å². The SMILES string of the molecule is CC(C)C(=O)C[S+](C)C1CCCCC1.Cc1ccc(S(=O)(=O)[O-])cc1. The van der Waals surface area contributed by atoms with E-state index in [-0.39, 0.29) is 10.8 Å². The van der Waals surface area contributed by atoms with Crippen LogP contribution in [0.25, 0.3) is 0 Å². The van der Waals surface area contributed by atoms with Gasteiger partial charge in [-0.1, -0.05) is 38.0 Å². The number of aryl methyl sites for hydroxylation is 1. The molecule has 2 rings (SSSR count).